The lowest BCUT2D eigenvalue weighted by Crippen LogP contribution is -2.30. The molecule has 5 aromatic rings. The minimum absolute atomic E-state index is 0.156. The summed E-state index contributed by atoms with van der Waals surface area (Å²) in [6, 6.07) is 18.4. The molecule has 1 atom stereocenters. The molecule has 0 saturated heterocycles. The number of fused-ring (bicyclic) bond motifs is 1. The smallest absolute Gasteiger partial charge is 0.282 e. The second-order valence-electron chi connectivity index (χ2n) is 7.52. The van der Waals surface area contributed by atoms with Gasteiger partial charge in [0.05, 0.1) is 6.20 Å². The number of rotatable bonds is 3. The van der Waals surface area contributed by atoms with Crippen LogP contribution in [0.5, 0.6) is 0 Å². The predicted molar refractivity (Wildman–Crippen MR) is 129 cm³/mol. The zero-order valence-corrected chi connectivity index (χ0v) is 19.0. The van der Waals surface area contributed by atoms with Gasteiger partial charge in [-0.1, -0.05) is 53.7 Å². The molecule has 5 heterocycles. The quantitative estimate of drug-likeness (QED) is 0.375. The summed E-state index contributed by atoms with van der Waals surface area (Å²) in [7, 11) is 0. The van der Waals surface area contributed by atoms with Gasteiger partial charge in [0, 0.05) is 30.3 Å². The number of nitrogens with zero attached hydrogens (tertiary/aromatic N) is 7. The lowest BCUT2D eigenvalue weighted by Gasteiger charge is -2.18. The summed E-state index contributed by atoms with van der Waals surface area (Å²) in [5.74, 6) is 0.974. The number of oxime groups is 1. The number of benzene rings is 2. The fourth-order valence-electron chi connectivity index (χ4n) is 3.46. The van der Waals surface area contributed by atoms with Crippen LogP contribution in [0.2, 0.25) is 0 Å². The maximum absolute atomic E-state index is 5.60. The summed E-state index contributed by atoms with van der Waals surface area (Å²) in [6.07, 6.45) is 10.3. The molecule has 2 aliphatic rings. The molecule has 0 N–H and O–H groups in total. The van der Waals surface area contributed by atoms with Crippen LogP contribution < -0.4 is 0 Å². The van der Waals surface area contributed by atoms with Crippen LogP contribution in [0, 0.1) is 0 Å². The van der Waals surface area contributed by atoms with Crippen molar-refractivity contribution >= 4 is 22.9 Å². The Bertz CT molecular complexity index is 1350. The van der Waals surface area contributed by atoms with Gasteiger partial charge >= 0.3 is 0 Å². The molecular weight excluding hydrogens is 462 g/mol. The first-order valence-electron chi connectivity index (χ1n) is 11.1. The second kappa shape index (κ2) is 11.0. The summed E-state index contributed by atoms with van der Waals surface area (Å²) in [5.41, 5.74) is -0.569. The minimum atomic E-state index is -1.02. The third kappa shape index (κ3) is 5.09. The van der Waals surface area contributed by atoms with Gasteiger partial charge in [-0.05, 0) is 16.8 Å². The van der Waals surface area contributed by atoms with Gasteiger partial charge in [0.15, 0.2) is 12.1 Å². The number of aliphatic imine (C=N–C) groups is 1. The van der Waals surface area contributed by atoms with Crippen molar-refractivity contribution in [1.82, 2.24) is 25.3 Å². The van der Waals surface area contributed by atoms with Crippen LogP contribution in [0.3, 0.4) is 0 Å². The van der Waals surface area contributed by atoms with Crippen molar-refractivity contribution in [2.75, 3.05) is 13.2 Å². The fourth-order valence-corrected chi connectivity index (χ4v) is 3.46. The lowest BCUT2D eigenvalue weighted by atomic mass is 9.97. The standard InChI is InChI=1S/C12H8N6O3.C10H8.C3H5NO/c1-2-14-11(15-3-1)12(8-6-21-18-17-8)7-20-10(16-12)9-13-4-5-19-9;1-2-6-10-8-4-3-7-9(10)5-1;1-2-4-5-3-1/h1-6H,7H2;1-8H;2H,1,3H2. The minimum Gasteiger partial charge on any atom is -0.471 e. The van der Waals surface area contributed by atoms with E-state index in [1.807, 2.05) is 0 Å². The van der Waals surface area contributed by atoms with E-state index in [4.69, 9.17) is 13.7 Å². The van der Waals surface area contributed by atoms with Crippen molar-refractivity contribution in [1.29, 1.82) is 0 Å². The van der Waals surface area contributed by atoms with Crippen LogP contribution in [-0.4, -0.2) is 50.6 Å². The van der Waals surface area contributed by atoms with Crippen molar-refractivity contribution < 1.29 is 18.5 Å². The van der Waals surface area contributed by atoms with E-state index in [9.17, 15) is 0 Å². The Morgan fingerprint density at radius 1 is 0.833 bits per heavy atom. The molecule has 180 valence electrons. The lowest BCUT2D eigenvalue weighted by molar-refractivity contribution is 0.174. The third-order valence-electron chi connectivity index (χ3n) is 5.19. The van der Waals surface area contributed by atoms with E-state index < -0.39 is 5.54 Å². The van der Waals surface area contributed by atoms with E-state index in [2.05, 4.69) is 88.8 Å². The molecule has 7 rings (SSSR count). The fraction of sp³-hybridized carbons (Fsp3) is 0.160. The Labute approximate surface area is 205 Å². The molecule has 11 heteroatoms. The summed E-state index contributed by atoms with van der Waals surface area (Å²) < 4.78 is 15.6. The van der Waals surface area contributed by atoms with Gasteiger partial charge in [-0.2, -0.15) is 0 Å². The van der Waals surface area contributed by atoms with Crippen molar-refractivity contribution in [3.63, 3.8) is 0 Å². The average Bonchev–Trinajstić information content (AvgIpc) is 3.77. The van der Waals surface area contributed by atoms with E-state index in [1.165, 1.54) is 29.5 Å². The van der Waals surface area contributed by atoms with Crippen molar-refractivity contribution in [2.24, 2.45) is 10.1 Å². The first-order chi connectivity index (χ1) is 17.9. The molecule has 36 heavy (non-hydrogen) atoms. The van der Waals surface area contributed by atoms with Gasteiger partial charge in [0.25, 0.3) is 11.8 Å². The van der Waals surface area contributed by atoms with Gasteiger partial charge in [0.1, 0.15) is 25.2 Å². The molecule has 2 aliphatic heterocycles. The molecular formula is C25H21N7O4. The summed E-state index contributed by atoms with van der Waals surface area (Å²) in [6.45, 7) is 0.933. The van der Waals surface area contributed by atoms with Gasteiger partial charge in [-0.3, -0.25) is 0 Å². The van der Waals surface area contributed by atoms with Crippen LogP contribution in [-0.2, 0) is 15.1 Å². The Morgan fingerprint density at radius 3 is 2.11 bits per heavy atom. The summed E-state index contributed by atoms with van der Waals surface area (Å²) in [4.78, 5) is 21.5. The molecule has 0 fully saturated rings. The molecule has 2 aromatic carbocycles. The highest BCUT2D eigenvalue weighted by Crippen LogP contribution is 2.35. The number of ether oxygens (including phenoxy) is 1. The monoisotopic (exact) mass is 483 g/mol. The zero-order chi connectivity index (χ0) is 24.5. The van der Waals surface area contributed by atoms with Crippen LogP contribution >= 0.6 is 0 Å². The van der Waals surface area contributed by atoms with Crippen molar-refractivity contribution in [3.8, 4) is 0 Å². The first-order valence-corrected chi connectivity index (χ1v) is 11.1. The second-order valence-corrected chi connectivity index (χ2v) is 7.52. The maximum Gasteiger partial charge on any atom is 0.282 e. The van der Waals surface area contributed by atoms with Crippen LogP contribution in [0.15, 0.2) is 105 Å². The molecule has 11 nitrogen and oxygen atoms in total. The van der Waals surface area contributed by atoms with Crippen molar-refractivity contribution in [3.05, 3.63) is 103 Å². The predicted octanol–water partition coefficient (Wildman–Crippen LogP) is 3.80. The summed E-state index contributed by atoms with van der Waals surface area (Å²) in [5, 5.41) is 13.5. The zero-order valence-electron chi connectivity index (χ0n) is 19.0. The normalized spacial score (nSPS) is 17.7. The van der Waals surface area contributed by atoms with Gasteiger partial charge < -0.3 is 18.5 Å². The van der Waals surface area contributed by atoms with E-state index in [0.717, 1.165) is 13.0 Å². The average molecular weight is 483 g/mol. The van der Waals surface area contributed by atoms with Gasteiger partial charge in [-0.15, -0.1) is 5.10 Å². The molecule has 0 spiro atoms. The Hall–Kier alpha value is -4.93. The van der Waals surface area contributed by atoms with Crippen LogP contribution in [0.25, 0.3) is 10.8 Å². The number of oxazole rings is 1. The highest BCUT2D eigenvalue weighted by Gasteiger charge is 2.47. The number of aromatic nitrogens is 5. The van der Waals surface area contributed by atoms with Crippen molar-refractivity contribution in [2.45, 2.75) is 12.0 Å². The van der Waals surface area contributed by atoms with Gasteiger partial charge in [-0.25, -0.2) is 19.9 Å². The highest BCUT2D eigenvalue weighted by molar-refractivity contribution is 5.91. The van der Waals surface area contributed by atoms with E-state index in [-0.39, 0.29) is 18.4 Å². The Balaban J connectivity index is 0.000000146. The van der Waals surface area contributed by atoms with Crippen LogP contribution in [0.4, 0.5) is 0 Å². The molecule has 3 aromatic heterocycles. The highest BCUT2D eigenvalue weighted by atomic mass is 16.6. The molecule has 0 saturated carbocycles. The molecule has 0 aliphatic carbocycles. The Kier molecular flexibility index (Phi) is 6.98. The number of hydrogen-bond acceptors (Lipinski definition) is 11. The summed E-state index contributed by atoms with van der Waals surface area (Å²) >= 11 is 0. The van der Waals surface area contributed by atoms with E-state index in [0.29, 0.717) is 11.5 Å². The van der Waals surface area contributed by atoms with Gasteiger partial charge in [0.2, 0.25) is 5.54 Å². The number of hydrogen-bond donors (Lipinski definition) is 0. The van der Waals surface area contributed by atoms with E-state index >= 15 is 0 Å². The maximum atomic E-state index is 5.60. The largest absolute Gasteiger partial charge is 0.471 e. The SMILES string of the molecule is C1=NOCC1.c1ccc2ccccc2c1.c1cnc(C2(c3conn3)COC(c3ncco3)=N2)nc1. The Morgan fingerprint density at radius 2 is 1.58 bits per heavy atom. The third-order valence-corrected chi connectivity index (χ3v) is 5.19. The molecule has 0 amide bonds. The molecule has 0 radical (unpaired) electrons. The van der Waals surface area contributed by atoms with Crippen LogP contribution in [0.1, 0.15) is 23.8 Å². The first kappa shape index (κ1) is 22.8. The molecule has 1 unspecified atom stereocenters. The molecule has 0 bridgehead atoms. The topological polar surface area (TPSA) is 134 Å². The van der Waals surface area contributed by atoms with E-state index in [1.54, 1.807) is 24.7 Å².